The molecule has 0 fully saturated rings. The molecule has 1 heterocycles. The molecule has 2 aromatic carbocycles. The van der Waals surface area contributed by atoms with Gasteiger partial charge in [0.25, 0.3) is 0 Å². The minimum Gasteiger partial charge on any atom is -0.493 e. The summed E-state index contributed by atoms with van der Waals surface area (Å²) in [6.07, 6.45) is 2.45. The second kappa shape index (κ2) is 11.2. The number of aromatic nitrogens is 2. The lowest BCUT2D eigenvalue weighted by atomic mass is 10.2. The van der Waals surface area contributed by atoms with Gasteiger partial charge in [0.1, 0.15) is 12.4 Å². The summed E-state index contributed by atoms with van der Waals surface area (Å²) in [7, 11) is 3.16. The zero-order valence-electron chi connectivity index (χ0n) is 17.6. The van der Waals surface area contributed by atoms with Crippen molar-refractivity contribution in [3.8, 4) is 11.5 Å². The zero-order valence-corrected chi connectivity index (χ0v) is 17.6. The fraction of sp³-hybridized carbons (Fsp3) is 0.391. The number of hydrogen-bond donors (Lipinski definition) is 1. The molecular formula is C23H29N3O4. The largest absolute Gasteiger partial charge is 0.493 e. The van der Waals surface area contributed by atoms with Crippen molar-refractivity contribution >= 4 is 16.9 Å². The van der Waals surface area contributed by atoms with E-state index in [1.807, 2.05) is 42.5 Å². The Morgan fingerprint density at radius 1 is 1.03 bits per heavy atom. The molecule has 7 nitrogen and oxygen atoms in total. The number of rotatable bonds is 12. The van der Waals surface area contributed by atoms with E-state index in [2.05, 4.69) is 16.0 Å². The Labute approximate surface area is 177 Å². The molecule has 3 rings (SSSR count). The molecule has 1 amide bonds. The number of carbonyl (C=O) groups is 1. The molecule has 0 unspecified atom stereocenters. The van der Waals surface area contributed by atoms with Crippen molar-refractivity contribution in [3.05, 3.63) is 54.4 Å². The number of aryl methyl sites for hydroxylation is 2. The molecule has 7 heteroatoms. The van der Waals surface area contributed by atoms with Crippen LogP contribution in [0.1, 0.15) is 18.7 Å². The molecule has 0 aliphatic heterocycles. The standard InChI is InChI=1S/C23H29N3O4/c1-28-17-23(27)24-14-7-13-22-25-18-9-3-4-10-19(18)26(22)15-8-16-30-21-12-6-5-11-20(21)29-2/h3-6,9-12H,7-8,13-17H2,1-2H3,(H,24,27). The number of para-hydroxylation sites is 4. The van der Waals surface area contributed by atoms with E-state index < -0.39 is 0 Å². The van der Waals surface area contributed by atoms with Crippen LogP contribution >= 0.6 is 0 Å². The number of benzene rings is 2. The van der Waals surface area contributed by atoms with Crippen molar-refractivity contribution in [3.63, 3.8) is 0 Å². The normalized spacial score (nSPS) is 10.9. The van der Waals surface area contributed by atoms with Crippen molar-refractivity contribution in [1.29, 1.82) is 0 Å². The number of nitrogens with zero attached hydrogens (tertiary/aromatic N) is 2. The van der Waals surface area contributed by atoms with Gasteiger partial charge in [0.05, 0.1) is 24.8 Å². The highest BCUT2D eigenvalue weighted by Gasteiger charge is 2.11. The summed E-state index contributed by atoms with van der Waals surface area (Å²) < 4.78 is 18.3. The molecule has 30 heavy (non-hydrogen) atoms. The van der Waals surface area contributed by atoms with E-state index in [1.54, 1.807) is 7.11 Å². The molecule has 1 aromatic heterocycles. The number of nitrogens with one attached hydrogen (secondary N) is 1. The van der Waals surface area contributed by atoms with E-state index in [0.717, 1.165) is 54.2 Å². The molecule has 0 bridgehead atoms. The van der Waals surface area contributed by atoms with Gasteiger partial charge in [-0.25, -0.2) is 4.98 Å². The summed E-state index contributed by atoms with van der Waals surface area (Å²) in [5, 5.41) is 2.86. The number of hydrogen-bond acceptors (Lipinski definition) is 5. The number of imidazole rings is 1. The molecule has 0 spiro atoms. The predicted molar refractivity (Wildman–Crippen MR) is 116 cm³/mol. The topological polar surface area (TPSA) is 74.6 Å². The van der Waals surface area contributed by atoms with E-state index >= 15 is 0 Å². The summed E-state index contributed by atoms with van der Waals surface area (Å²) in [5.74, 6) is 2.42. The Kier molecular flexibility index (Phi) is 8.09. The molecular weight excluding hydrogens is 382 g/mol. The van der Waals surface area contributed by atoms with Crippen LogP contribution < -0.4 is 14.8 Å². The van der Waals surface area contributed by atoms with Gasteiger partial charge in [0.15, 0.2) is 11.5 Å². The molecule has 0 aliphatic carbocycles. The second-order valence-corrected chi connectivity index (χ2v) is 6.91. The Morgan fingerprint density at radius 3 is 2.60 bits per heavy atom. The third-order valence-corrected chi connectivity index (χ3v) is 4.76. The Hall–Kier alpha value is -3.06. The average Bonchev–Trinajstić information content (AvgIpc) is 3.12. The lowest BCUT2D eigenvalue weighted by Crippen LogP contribution is -2.28. The first-order valence-corrected chi connectivity index (χ1v) is 10.2. The SMILES string of the molecule is COCC(=O)NCCCc1nc2ccccc2n1CCCOc1ccccc1OC. The van der Waals surface area contributed by atoms with E-state index in [4.69, 9.17) is 19.2 Å². The summed E-state index contributed by atoms with van der Waals surface area (Å²) in [6, 6.07) is 15.8. The van der Waals surface area contributed by atoms with Crippen molar-refractivity contribution in [1.82, 2.24) is 14.9 Å². The quantitative estimate of drug-likeness (QED) is 0.463. The molecule has 0 atom stereocenters. The van der Waals surface area contributed by atoms with E-state index in [9.17, 15) is 4.79 Å². The highest BCUT2D eigenvalue weighted by molar-refractivity contribution is 5.77. The molecule has 0 saturated heterocycles. The number of ether oxygens (including phenoxy) is 3. The van der Waals surface area contributed by atoms with Crippen LogP contribution in [0.2, 0.25) is 0 Å². The van der Waals surface area contributed by atoms with Crippen LogP contribution in [0.4, 0.5) is 0 Å². The lowest BCUT2D eigenvalue weighted by molar-refractivity contribution is -0.124. The zero-order chi connectivity index (χ0) is 21.2. The first-order chi connectivity index (χ1) is 14.7. The van der Waals surface area contributed by atoms with Gasteiger partial charge in [-0.05, 0) is 37.1 Å². The Morgan fingerprint density at radius 2 is 1.80 bits per heavy atom. The Balaban J connectivity index is 1.58. The number of amides is 1. The molecule has 3 aromatic rings. The predicted octanol–water partition coefficient (Wildman–Crippen LogP) is 3.21. The molecule has 0 aliphatic rings. The van der Waals surface area contributed by atoms with Crippen LogP contribution in [-0.4, -0.2) is 49.4 Å². The van der Waals surface area contributed by atoms with Crippen molar-refractivity contribution in [2.24, 2.45) is 0 Å². The molecule has 160 valence electrons. The van der Waals surface area contributed by atoms with E-state index in [0.29, 0.717) is 13.2 Å². The average molecular weight is 412 g/mol. The first-order valence-electron chi connectivity index (χ1n) is 10.2. The van der Waals surface area contributed by atoms with Crippen LogP contribution in [0, 0.1) is 0 Å². The smallest absolute Gasteiger partial charge is 0.245 e. The van der Waals surface area contributed by atoms with Crippen LogP contribution in [0.25, 0.3) is 11.0 Å². The van der Waals surface area contributed by atoms with Gasteiger partial charge in [-0.15, -0.1) is 0 Å². The van der Waals surface area contributed by atoms with Gasteiger partial charge < -0.3 is 24.1 Å². The molecule has 0 radical (unpaired) electrons. The summed E-state index contributed by atoms with van der Waals surface area (Å²) in [5.41, 5.74) is 2.11. The third-order valence-electron chi connectivity index (χ3n) is 4.76. The van der Waals surface area contributed by atoms with Crippen LogP contribution in [0.15, 0.2) is 48.5 Å². The van der Waals surface area contributed by atoms with Crippen molar-refractivity contribution in [2.75, 3.05) is 34.0 Å². The Bertz CT molecular complexity index is 955. The van der Waals surface area contributed by atoms with Gasteiger partial charge in [0.2, 0.25) is 5.91 Å². The fourth-order valence-electron chi connectivity index (χ4n) is 3.37. The van der Waals surface area contributed by atoms with Gasteiger partial charge in [-0.2, -0.15) is 0 Å². The third kappa shape index (κ3) is 5.73. The fourth-order valence-corrected chi connectivity index (χ4v) is 3.37. The minimum atomic E-state index is -0.0977. The van der Waals surface area contributed by atoms with Gasteiger partial charge in [0, 0.05) is 26.6 Å². The molecule has 0 saturated carbocycles. The monoisotopic (exact) mass is 411 g/mol. The summed E-state index contributed by atoms with van der Waals surface area (Å²) in [6.45, 7) is 2.08. The maximum absolute atomic E-state index is 11.5. The van der Waals surface area contributed by atoms with Gasteiger partial charge in [-0.1, -0.05) is 24.3 Å². The van der Waals surface area contributed by atoms with Crippen molar-refractivity contribution < 1.29 is 19.0 Å². The maximum atomic E-state index is 11.5. The highest BCUT2D eigenvalue weighted by atomic mass is 16.5. The first kappa shape index (κ1) is 21.6. The maximum Gasteiger partial charge on any atom is 0.245 e. The van der Waals surface area contributed by atoms with Gasteiger partial charge >= 0.3 is 0 Å². The van der Waals surface area contributed by atoms with Crippen molar-refractivity contribution in [2.45, 2.75) is 25.8 Å². The van der Waals surface area contributed by atoms with Crippen LogP contribution in [0.3, 0.4) is 0 Å². The lowest BCUT2D eigenvalue weighted by Gasteiger charge is -2.12. The summed E-state index contributed by atoms with van der Waals surface area (Å²) in [4.78, 5) is 16.3. The number of methoxy groups -OCH3 is 2. The number of carbonyl (C=O) groups excluding carboxylic acids is 1. The molecule has 1 N–H and O–H groups in total. The van der Waals surface area contributed by atoms with Gasteiger partial charge in [-0.3, -0.25) is 4.79 Å². The number of fused-ring (bicyclic) bond motifs is 1. The van der Waals surface area contributed by atoms with Crippen LogP contribution in [-0.2, 0) is 22.5 Å². The van der Waals surface area contributed by atoms with Crippen LogP contribution in [0.5, 0.6) is 11.5 Å². The second-order valence-electron chi connectivity index (χ2n) is 6.91. The summed E-state index contributed by atoms with van der Waals surface area (Å²) >= 11 is 0. The van der Waals surface area contributed by atoms with E-state index in [1.165, 1.54) is 7.11 Å². The minimum absolute atomic E-state index is 0.0880. The van der Waals surface area contributed by atoms with E-state index in [-0.39, 0.29) is 12.5 Å². The highest BCUT2D eigenvalue weighted by Crippen LogP contribution is 2.26.